The lowest BCUT2D eigenvalue weighted by Gasteiger charge is -2.22. The summed E-state index contributed by atoms with van der Waals surface area (Å²) in [7, 11) is 0. The predicted octanol–water partition coefficient (Wildman–Crippen LogP) is -3.26. The van der Waals surface area contributed by atoms with Crippen LogP contribution in [0.5, 0.6) is 0 Å². The minimum atomic E-state index is -1.02. The second-order valence-electron chi connectivity index (χ2n) is 3.06. The smallest absolute Gasteiger partial charge is 0.0738 e. The van der Waals surface area contributed by atoms with E-state index in [-0.39, 0.29) is 19.6 Å². The molecule has 0 aromatic carbocycles. The van der Waals surface area contributed by atoms with Crippen LogP contribution in [0.3, 0.4) is 0 Å². The maximum Gasteiger partial charge on any atom is 0.0738 e. The van der Waals surface area contributed by atoms with Gasteiger partial charge in [-0.15, -0.1) is 0 Å². The summed E-state index contributed by atoms with van der Waals surface area (Å²) in [5.41, 5.74) is 10.6. The lowest BCUT2D eigenvalue weighted by molar-refractivity contribution is 0.0302. The summed E-state index contributed by atoms with van der Waals surface area (Å²) in [6.45, 7) is -0.718. The van der Waals surface area contributed by atoms with Crippen molar-refractivity contribution in [1.82, 2.24) is 0 Å². The first-order chi connectivity index (χ1) is 6.02. The average molecular weight is 194 g/mol. The van der Waals surface area contributed by atoms with Gasteiger partial charge in [0.2, 0.25) is 0 Å². The Morgan fingerprint density at radius 1 is 0.846 bits per heavy atom. The Balaban J connectivity index is 3.83. The molecule has 0 unspecified atom stereocenters. The van der Waals surface area contributed by atoms with Gasteiger partial charge in [0, 0.05) is 6.42 Å². The lowest BCUT2D eigenvalue weighted by Crippen LogP contribution is -2.45. The first-order valence-electron chi connectivity index (χ1n) is 4.12. The van der Waals surface area contributed by atoms with Gasteiger partial charge in [0.25, 0.3) is 0 Å². The predicted molar refractivity (Wildman–Crippen MR) is 46.8 cm³/mol. The first kappa shape index (κ1) is 12.8. The van der Waals surface area contributed by atoms with Gasteiger partial charge in [-0.3, -0.25) is 0 Å². The molecule has 0 spiro atoms. The van der Waals surface area contributed by atoms with E-state index in [0.717, 1.165) is 0 Å². The number of hydrogen-bond acceptors (Lipinski definition) is 6. The Bertz CT molecular complexity index is 122. The summed E-state index contributed by atoms with van der Waals surface area (Å²) >= 11 is 0. The van der Waals surface area contributed by atoms with Crippen LogP contribution in [0.25, 0.3) is 0 Å². The molecule has 13 heavy (non-hydrogen) atoms. The van der Waals surface area contributed by atoms with Crippen LogP contribution in [0.2, 0.25) is 0 Å². The largest absolute Gasteiger partial charge is 0.395 e. The van der Waals surface area contributed by atoms with E-state index >= 15 is 0 Å². The van der Waals surface area contributed by atoms with E-state index in [2.05, 4.69) is 0 Å². The van der Waals surface area contributed by atoms with Crippen LogP contribution < -0.4 is 11.5 Å². The van der Waals surface area contributed by atoms with Crippen molar-refractivity contribution in [2.75, 3.05) is 13.2 Å². The standard InChI is InChI=1S/C7H18N2O4/c8-4(2-10)6(12)1-7(13)5(9)3-11/h4-7,10-13H,1-3,8-9H2/t4-,5-,6-,7+/m0/s1. The molecular formula is C7H18N2O4. The maximum atomic E-state index is 9.25. The van der Waals surface area contributed by atoms with Crippen LogP contribution in [0.4, 0.5) is 0 Å². The van der Waals surface area contributed by atoms with Crippen LogP contribution in [0, 0.1) is 0 Å². The van der Waals surface area contributed by atoms with Gasteiger partial charge in [0.05, 0.1) is 37.5 Å². The molecule has 0 amide bonds. The van der Waals surface area contributed by atoms with Gasteiger partial charge in [-0.2, -0.15) is 0 Å². The van der Waals surface area contributed by atoms with E-state index < -0.39 is 24.3 Å². The van der Waals surface area contributed by atoms with Crippen LogP contribution in [-0.4, -0.2) is 57.9 Å². The summed E-state index contributed by atoms with van der Waals surface area (Å²) in [5.74, 6) is 0. The molecule has 8 N–H and O–H groups in total. The van der Waals surface area contributed by atoms with Crippen molar-refractivity contribution in [3.8, 4) is 0 Å². The third-order valence-electron chi connectivity index (χ3n) is 1.89. The maximum absolute atomic E-state index is 9.25. The molecule has 80 valence electrons. The second-order valence-corrected chi connectivity index (χ2v) is 3.06. The van der Waals surface area contributed by atoms with Crippen molar-refractivity contribution in [3.63, 3.8) is 0 Å². The Hall–Kier alpha value is -0.240. The summed E-state index contributed by atoms with van der Waals surface area (Å²) in [6.07, 6.45) is -2.08. The van der Waals surface area contributed by atoms with Crippen LogP contribution in [-0.2, 0) is 0 Å². The lowest BCUT2D eigenvalue weighted by atomic mass is 10.0. The molecule has 0 aromatic heterocycles. The van der Waals surface area contributed by atoms with Gasteiger partial charge in [0.1, 0.15) is 0 Å². The molecule has 0 aromatic rings. The highest BCUT2D eigenvalue weighted by molar-refractivity contribution is 4.79. The Morgan fingerprint density at radius 3 is 1.38 bits per heavy atom. The number of hydrogen-bond donors (Lipinski definition) is 6. The molecule has 0 rings (SSSR count). The zero-order valence-electron chi connectivity index (χ0n) is 7.37. The average Bonchev–Trinajstić information content (AvgIpc) is 2.14. The van der Waals surface area contributed by atoms with E-state index in [1.165, 1.54) is 0 Å². The zero-order valence-corrected chi connectivity index (χ0v) is 7.37. The van der Waals surface area contributed by atoms with E-state index in [4.69, 9.17) is 21.7 Å². The molecule has 0 heterocycles. The fourth-order valence-corrected chi connectivity index (χ4v) is 0.840. The fraction of sp³-hybridized carbons (Fsp3) is 1.00. The van der Waals surface area contributed by atoms with Gasteiger partial charge in [-0.05, 0) is 0 Å². The number of aliphatic hydroxyl groups is 4. The minimum Gasteiger partial charge on any atom is -0.395 e. The summed E-state index contributed by atoms with van der Waals surface area (Å²) < 4.78 is 0. The molecule has 0 aliphatic heterocycles. The van der Waals surface area contributed by atoms with E-state index in [1.54, 1.807) is 0 Å². The fourth-order valence-electron chi connectivity index (χ4n) is 0.840. The van der Waals surface area contributed by atoms with Crippen LogP contribution >= 0.6 is 0 Å². The van der Waals surface area contributed by atoms with Crippen LogP contribution in [0.1, 0.15) is 6.42 Å². The highest BCUT2D eigenvalue weighted by atomic mass is 16.3. The van der Waals surface area contributed by atoms with Crippen molar-refractivity contribution in [2.45, 2.75) is 30.7 Å². The molecule has 0 radical (unpaired) electrons. The molecule has 0 saturated carbocycles. The molecule has 4 atom stereocenters. The van der Waals surface area contributed by atoms with Gasteiger partial charge in [-0.25, -0.2) is 0 Å². The summed E-state index contributed by atoms with van der Waals surface area (Å²) in [6, 6.07) is -1.58. The molecule has 0 bridgehead atoms. The third kappa shape index (κ3) is 4.51. The zero-order chi connectivity index (χ0) is 10.4. The number of aliphatic hydroxyl groups excluding tert-OH is 4. The van der Waals surface area contributed by atoms with Crippen molar-refractivity contribution in [2.24, 2.45) is 11.5 Å². The molecule has 0 aliphatic carbocycles. The summed E-state index contributed by atoms with van der Waals surface area (Å²) in [4.78, 5) is 0. The second kappa shape index (κ2) is 6.25. The Morgan fingerprint density at radius 2 is 1.15 bits per heavy atom. The molecule has 0 saturated heterocycles. The van der Waals surface area contributed by atoms with Crippen molar-refractivity contribution >= 4 is 0 Å². The minimum absolute atomic E-state index is 0.0521. The highest BCUT2D eigenvalue weighted by Gasteiger charge is 2.21. The molecule has 0 fully saturated rings. The Labute approximate surface area is 76.8 Å². The molecular weight excluding hydrogens is 176 g/mol. The van der Waals surface area contributed by atoms with Crippen molar-refractivity contribution in [3.05, 3.63) is 0 Å². The Kier molecular flexibility index (Phi) is 6.13. The van der Waals surface area contributed by atoms with E-state index in [9.17, 15) is 10.2 Å². The molecule has 6 heteroatoms. The molecule has 0 aliphatic rings. The quantitative estimate of drug-likeness (QED) is 0.263. The normalized spacial score (nSPS) is 20.8. The van der Waals surface area contributed by atoms with Gasteiger partial charge >= 0.3 is 0 Å². The topological polar surface area (TPSA) is 133 Å². The van der Waals surface area contributed by atoms with Gasteiger partial charge in [0.15, 0.2) is 0 Å². The third-order valence-corrected chi connectivity index (χ3v) is 1.89. The number of rotatable bonds is 6. The first-order valence-corrected chi connectivity index (χ1v) is 4.12. The van der Waals surface area contributed by atoms with Crippen molar-refractivity contribution < 1.29 is 20.4 Å². The highest BCUT2D eigenvalue weighted by Crippen LogP contribution is 2.04. The SMILES string of the molecule is N[C@@H](CO)[C@H](O)C[C@H](O)[C@@H](N)CO. The van der Waals surface area contributed by atoms with Gasteiger partial charge in [-0.1, -0.05) is 0 Å². The number of nitrogens with two attached hydrogens (primary N) is 2. The van der Waals surface area contributed by atoms with Crippen molar-refractivity contribution in [1.29, 1.82) is 0 Å². The summed E-state index contributed by atoms with van der Waals surface area (Å²) in [5, 5.41) is 35.6. The van der Waals surface area contributed by atoms with E-state index in [1.807, 2.05) is 0 Å². The van der Waals surface area contributed by atoms with E-state index in [0.29, 0.717) is 0 Å². The molecule has 6 nitrogen and oxygen atoms in total. The van der Waals surface area contributed by atoms with Gasteiger partial charge < -0.3 is 31.9 Å². The van der Waals surface area contributed by atoms with Crippen LogP contribution in [0.15, 0.2) is 0 Å². The monoisotopic (exact) mass is 194 g/mol.